The minimum Gasteiger partial charge on any atom is -0.481 e. The second-order valence-corrected chi connectivity index (χ2v) is 5.68. The smallest absolute Gasteiger partial charge is 0.339 e. The highest BCUT2D eigenvalue weighted by molar-refractivity contribution is 6.02. The summed E-state index contributed by atoms with van der Waals surface area (Å²) in [6.45, 7) is 3.79. The summed E-state index contributed by atoms with van der Waals surface area (Å²) < 4.78 is 10.4. The van der Waals surface area contributed by atoms with Crippen LogP contribution in [0.1, 0.15) is 36.2 Å². The fourth-order valence-corrected chi connectivity index (χ4v) is 2.40. The monoisotopic (exact) mass is 341 g/mol. The van der Waals surface area contributed by atoms with Crippen molar-refractivity contribution in [3.63, 3.8) is 0 Å². The molecule has 0 aliphatic carbocycles. The first-order valence-corrected chi connectivity index (χ1v) is 8.29. The van der Waals surface area contributed by atoms with Crippen molar-refractivity contribution in [2.24, 2.45) is 0 Å². The third kappa shape index (κ3) is 5.08. The molecular formula is C20H23NO4. The van der Waals surface area contributed by atoms with Crippen molar-refractivity contribution in [2.75, 3.05) is 12.4 Å². The van der Waals surface area contributed by atoms with Gasteiger partial charge >= 0.3 is 5.97 Å². The number of esters is 1. The van der Waals surface area contributed by atoms with Crippen LogP contribution in [-0.2, 0) is 16.0 Å². The Kier molecular flexibility index (Phi) is 6.57. The summed E-state index contributed by atoms with van der Waals surface area (Å²) in [6.07, 6.45) is 1.39. The Balaban J connectivity index is 2.02. The number of anilines is 1. The number of methoxy groups -OCH3 is 1. The lowest BCUT2D eigenvalue weighted by Gasteiger charge is -2.16. The van der Waals surface area contributed by atoms with Gasteiger partial charge in [0.1, 0.15) is 5.75 Å². The summed E-state index contributed by atoms with van der Waals surface area (Å²) in [7, 11) is 1.30. The van der Waals surface area contributed by atoms with E-state index in [9.17, 15) is 9.59 Å². The Morgan fingerprint density at radius 3 is 2.40 bits per heavy atom. The largest absolute Gasteiger partial charge is 0.481 e. The average molecular weight is 341 g/mol. The molecule has 1 N–H and O–H groups in total. The summed E-state index contributed by atoms with van der Waals surface area (Å²) in [5.74, 6) is -0.214. The molecule has 2 aromatic rings. The van der Waals surface area contributed by atoms with Gasteiger partial charge in [0.25, 0.3) is 5.91 Å². The van der Waals surface area contributed by atoms with Gasteiger partial charge in [-0.1, -0.05) is 37.6 Å². The van der Waals surface area contributed by atoms with E-state index in [4.69, 9.17) is 9.47 Å². The van der Waals surface area contributed by atoms with Crippen LogP contribution in [0.2, 0.25) is 0 Å². The van der Waals surface area contributed by atoms with Gasteiger partial charge < -0.3 is 14.8 Å². The van der Waals surface area contributed by atoms with Crippen molar-refractivity contribution in [1.29, 1.82) is 0 Å². The van der Waals surface area contributed by atoms with Crippen molar-refractivity contribution in [2.45, 2.75) is 32.8 Å². The lowest BCUT2D eigenvalue weighted by atomic mass is 10.1. The second kappa shape index (κ2) is 8.87. The van der Waals surface area contributed by atoms with Crippen molar-refractivity contribution in [3.8, 4) is 5.75 Å². The van der Waals surface area contributed by atoms with Crippen LogP contribution in [0.3, 0.4) is 0 Å². The number of amides is 1. The highest BCUT2D eigenvalue weighted by Gasteiger charge is 2.18. The highest BCUT2D eigenvalue weighted by Crippen LogP contribution is 2.18. The molecule has 5 heteroatoms. The van der Waals surface area contributed by atoms with Crippen LogP contribution in [0, 0.1) is 0 Å². The minimum absolute atomic E-state index is 0.300. The highest BCUT2D eigenvalue weighted by atomic mass is 16.5. The number of nitrogens with one attached hydrogen (secondary N) is 1. The molecule has 5 nitrogen and oxygen atoms in total. The molecule has 0 aliphatic rings. The lowest BCUT2D eigenvalue weighted by molar-refractivity contribution is -0.122. The summed E-state index contributed by atoms with van der Waals surface area (Å²) in [4.78, 5) is 24.1. The quantitative estimate of drug-likeness (QED) is 0.777. The normalized spacial score (nSPS) is 11.5. The van der Waals surface area contributed by atoms with E-state index in [1.807, 2.05) is 24.3 Å². The van der Waals surface area contributed by atoms with Crippen molar-refractivity contribution in [3.05, 3.63) is 59.7 Å². The molecule has 0 spiro atoms. The van der Waals surface area contributed by atoms with Gasteiger partial charge in [-0.05, 0) is 43.2 Å². The Morgan fingerprint density at radius 1 is 1.08 bits per heavy atom. The molecule has 1 atom stereocenters. The van der Waals surface area contributed by atoms with Crippen LogP contribution < -0.4 is 10.1 Å². The first-order valence-electron chi connectivity index (χ1n) is 8.29. The van der Waals surface area contributed by atoms with Gasteiger partial charge in [-0.2, -0.15) is 0 Å². The van der Waals surface area contributed by atoms with Gasteiger partial charge in [-0.15, -0.1) is 0 Å². The molecule has 0 bridgehead atoms. The van der Waals surface area contributed by atoms with Gasteiger partial charge in [0.05, 0.1) is 18.4 Å². The third-order valence-electron chi connectivity index (χ3n) is 3.73. The van der Waals surface area contributed by atoms with E-state index >= 15 is 0 Å². The van der Waals surface area contributed by atoms with E-state index in [1.54, 1.807) is 31.2 Å². The number of hydrogen-bond acceptors (Lipinski definition) is 4. The molecule has 1 unspecified atom stereocenters. The number of carbonyl (C=O) groups is 2. The van der Waals surface area contributed by atoms with Crippen molar-refractivity contribution >= 4 is 17.6 Å². The van der Waals surface area contributed by atoms with E-state index in [-0.39, 0.29) is 5.91 Å². The number of rotatable bonds is 7. The molecule has 0 aromatic heterocycles. The molecule has 25 heavy (non-hydrogen) atoms. The summed E-state index contributed by atoms with van der Waals surface area (Å²) >= 11 is 0. The van der Waals surface area contributed by atoms with Crippen LogP contribution >= 0.6 is 0 Å². The van der Waals surface area contributed by atoms with Crippen LogP contribution in [0.25, 0.3) is 0 Å². The van der Waals surface area contributed by atoms with Crippen LogP contribution in [0.15, 0.2) is 48.5 Å². The molecule has 0 saturated heterocycles. The van der Waals surface area contributed by atoms with Crippen LogP contribution in [-0.4, -0.2) is 25.1 Å². The predicted molar refractivity (Wildman–Crippen MR) is 96.9 cm³/mol. The fourth-order valence-electron chi connectivity index (χ4n) is 2.40. The zero-order chi connectivity index (χ0) is 18.2. The summed E-state index contributed by atoms with van der Waals surface area (Å²) in [5.41, 5.74) is 1.93. The molecule has 2 rings (SSSR count). The maximum atomic E-state index is 12.4. The fraction of sp³-hybridized carbons (Fsp3) is 0.300. The van der Waals surface area contributed by atoms with Crippen molar-refractivity contribution in [1.82, 2.24) is 0 Å². The summed E-state index contributed by atoms with van der Waals surface area (Å²) in [6, 6.07) is 14.4. The molecule has 132 valence electrons. The number of para-hydroxylation sites is 1. The average Bonchev–Trinajstić information content (AvgIpc) is 2.63. The lowest BCUT2D eigenvalue weighted by Crippen LogP contribution is -2.30. The number of benzene rings is 2. The van der Waals surface area contributed by atoms with E-state index in [0.29, 0.717) is 17.0 Å². The van der Waals surface area contributed by atoms with E-state index in [1.165, 1.54) is 12.7 Å². The van der Waals surface area contributed by atoms with E-state index < -0.39 is 12.1 Å². The molecule has 0 radical (unpaired) electrons. The van der Waals surface area contributed by atoms with E-state index in [0.717, 1.165) is 12.8 Å². The topological polar surface area (TPSA) is 64.6 Å². The second-order valence-electron chi connectivity index (χ2n) is 5.68. The Hall–Kier alpha value is -2.82. The zero-order valence-corrected chi connectivity index (χ0v) is 14.7. The Labute approximate surface area is 148 Å². The van der Waals surface area contributed by atoms with Crippen molar-refractivity contribution < 1.29 is 19.1 Å². The minimum atomic E-state index is -0.706. The number of ether oxygens (including phenoxy) is 2. The molecule has 0 fully saturated rings. The molecule has 0 aliphatic heterocycles. The SMILES string of the molecule is CCCc1ccc(OC(C)C(=O)Nc2ccccc2C(=O)OC)cc1. The third-order valence-corrected chi connectivity index (χ3v) is 3.73. The van der Waals surface area contributed by atoms with Gasteiger partial charge in [0.15, 0.2) is 6.10 Å². The van der Waals surface area contributed by atoms with Crippen LogP contribution in [0.4, 0.5) is 5.69 Å². The molecule has 0 heterocycles. The standard InChI is InChI=1S/C20H23NO4/c1-4-7-15-10-12-16(13-11-15)25-14(2)19(22)21-18-9-6-5-8-17(18)20(23)24-3/h5-6,8-14H,4,7H2,1-3H3,(H,21,22). The van der Waals surface area contributed by atoms with Gasteiger partial charge in [-0.25, -0.2) is 4.79 Å². The predicted octanol–water partition coefficient (Wildman–Crippen LogP) is 3.83. The van der Waals surface area contributed by atoms with E-state index in [2.05, 4.69) is 12.2 Å². The first-order chi connectivity index (χ1) is 12.0. The summed E-state index contributed by atoms with van der Waals surface area (Å²) in [5, 5.41) is 2.71. The van der Waals surface area contributed by atoms with Gasteiger partial charge in [-0.3, -0.25) is 4.79 Å². The number of carbonyl (C=O) groups excluding carboxylic acids is 2. The maximum absolute atomic E-state index is 12.4. The number of aryl methyl sites for hydroxylation is 1. The van der Waals surface area contributed by atoms with Gasteiger partial charge in [0, 0.05) is 0 Å². The zero-order valence-electron chi connectivity index (χ0n) is 14.7. The molecule has 2 aromatic carbocycles. The van der Waals surface area contributed by atoms with Crippen LogP contribution in [0.5, 0.6) is 5.75 Å². The first kappa shape index (κ1) is 18.5. The Bertz CT molecular complexity index is 725. The molecule has 0 saturated carbocycles. The Morgan fingerprint density at radius 2 is 1.76 bits per heavy atom. The molecular weight excluding hydrogens is 318 g/mol. The van der Waals surface area contributed by atoms with Gasteiger partial charge in [0.2, 0.25) is 0 Å². The number of hydrogen-bond donors (Lipinski definition) is 1. The maximum Gasteiger partial charge on any atom is 0.339 e. The molecule has 1 amide bonds.